The number of aromatic amines is 1. The quantitative estimate of drug-likeness (QED) is 0.540. The second kappa shape index (κ2) is 6.64. The highest BCUT2D eigenvalue weighted by molar-refractivity contribution is 6.39. The SMILES string of the molecule is N#Cc1cnccc1N(c1c(Cl)cccc1Cl)c1nccc2[nH]ncc12. The van der Waals surface area contributed by atoms with Crippen LogP contribution in [0.25, 0.3) is 10.9 Å². The molecular formula is C18H10Cl2N6. The largest absolute Gasteiger partial charge is 0.290 e. The molecule has 0 aliphatic heterocycles. The molecule has 4 rings (SSSR count). The first-order valence-electron chi connectivity index (χ1n) is 7.57. The van der Waals surface area contributed by atoms with Crippen LogP contribution >= 0.6 is 23.2 Å². The number of nitrogens with zero attached hydrogens (tertiary/aromatic N) is 5. The van der Waals surface area contributed by atoms with E-state index in [2.05, 4.69) is 26.2 Å². The van der Waals surface area contributed by atoms with E-state index in [1.54, 1.807) is 47.8 Å². The van der Waals surface area contributed by atoms with E-state index in [4.69, 9.17) is 23.2 Å². The number of hydrogen-bond acceptors (Lipinski definition) is 5. The Bertz CT molecular complexity index is 1130. The number of benzene rings is 1. The van der Waals surface area contributed by atoms with Gasteiger partial charge in [0.2, 0.25) is 0 Å². The van der Waals surface area contributed by atoms with Crippen LogP contribution in [0.1, 0.15) is 5.56 Å². The van der Waals surface area contributed by atoms with Gasteiger partial charge in [-0.1, -0.05) is 29.3 Å². The maximum atomic E-state index is 9.55. The average molecular weight is 381 g/mol. The Kier molecular flexibility index (Phi) is 4.17. The molecule has 0 saturated heterocycles. The lowest BCUT2D eigenvalue weighted by atomic mass is 10.1. The molecule has 0 spiro atoms. The zero-order valence-electron chi connectivity index (χ0n) is 13.2. The lowest BCUT2D eigenvalue weighted by Gasteiger charge is -2.27. The summed E-state index contributed by atoms with van der Waals surface area (Å²) in [7, 11) is 0. The van der Waals surface area contributed by atoms with Gasteiger partial charge in [-0.3, -0.25) is 15.0 Å². The van der Waals surface area contributed by atoms with Crippen molar-refractivity contribution in [1.29, 1.82) is 5.26 Å². The van der Waals surface area contributed by atoms with Gasteiger partial charge in [0.05, 0.1) is 44.1 Å². The van der Waals surface area contributed by atoms with E-state index in [0.29, 0.717) is 32.8 Å². The summed E-state index contributed by atoms with van der Waals surface area (Å²) in [5, 5.41) is 18.2. The molecule has 1 N–H and O–H groups in total. The third-order valence-corrected chi connectivity index (χ3v) is 4.49. The van der Waals surface area contributed by atoms with E-state index in [1.807, 2.05) is 6.07 Å². The molecule has 3 aromatic heterocycles. The number of anilines is 3. The van der Waals surface area contributed by atoms with Crippen molar-refractivity contribution in [3.63, 3.8) is 0 Å². The van der Waals surface area contributed by atoms with Crippen LogP contribution in [-0.4, -0.2) is 20.2 Å². The minimum Gasteiger partial charge on any atom is -0.290 e. The van der Waals surface area contributed by atoms with Gasteiger partial charge in [-0.15, -0.1) is 0 Å². The van der Waals surface area contributed by atoms with E-state index < -0.39 is 0 Å². The molecule has 8 heteroatoms. The zero-order chi connectivity index (χ0) is 18.1. The number of aromatic nitrogens is 4. The van der Waals surface area contributed by atoms with Crippen LogP contribution in [-0.2, 0) is 0 Å². The van der Waals surface area contributed by atoms with Crippen LogP contribution in [0.4, 0.5) is 17.2 Å². The molecule has 0 fully saturated rings. The van der Waals surface area contributed by atoms with Crippen LogP contribution in [0.3, 0.4) is 0 Å². The summed E-state index contributed by atoms with van der Waals surface area (Å²) in [5.74, 6) is 0.550. The van der Waals surface area contributed by atoms with Gasteiger partial charge in [-0.05, 0) is 24.3 Å². The number of hydrogen-bond donors (Lipinski definition) is 1. The molecule has 4 aromatic rings. The highest BCUT2D eigenvalue weighted by Crippen LogP contribution is 2.44. The molecule has 0 saturated carbocycles. The van der Waals surface area contributed by atoms with Crippen LogP contribution in [0.15, 0.2) is 55.1 Å². The number of pyridine rings is 2. The molecular weight excluding hydrogens is 371 g/mol. The molecule has 1 aromatic carbocycles. The summed E-state index contributed by atoms with van der Waals surface area (Å²) in [6.07, 6.45) is 6.41. The van der Waals surface area contributed by atoms with Crippen LogP contribution in [0.2, 0.25) is 10.0 Å². The van der Waals surface area contributed by atoms with Gasteiger partial charge in [-0.25, -0.2) is 4.98 Å². The van der Waals surface area contributed by atoms with Crippen molar-refractivity contribution in [3.05, 3.63) is 70.7 Å². The Morgan fingerprint density at radius 1 is 1.04 bits per heavy atom. The first kappa shape index (κ1) is 16.3. The minimum atomic E-state index is 0.366. The predicted molar refractivity (Wildman–Crippen MR) is 101 cm³/mol. The van der Waals surface area contributed by atoms with Gasteiger partial charge >= 0.3 is 0 Å². The first-order chi connectivity index (χ1) is 12.7. The average Bonchev–Trinajstić information content (AvgIpc) is 3.14. The van der Waals surface area contributed by atoms with Crippen molar-refractivity contribution in [3.8, 4) is 6.07 Å². The third kappa shape index (κ3) is 2.64. The van der Waals surface area contributed by atoms with Gasteiger partial charge in [0.15, 0.2) is 0 Å². The standard InChI is InChI=1S/C18H10Cl2N6/c19-13-2-1-3-14(20)17(13)26(16-5-6-22-9-11(16)8-21)18-12-10-24-25-15(12)4-7-23-18/h1-7,9-10H,(H,24,25). The molecule has 126 valence electrons. The fraction of sp³-hybridized carbons (Fsp3) is 0. The number of H-pyrrole nitrogens is 1. The highest BCUT2D eigenvalue weighted by atomic mass is 35.5. The van der Waals surface area contributed by atoms with E-state index in [0.717, 1.165) is 10.9 Å². The van der Waals surface area contributed by atoms with Crippen molar-refractivity contribution in [2.24, 2.45) is 0 Å². The highest BCUT2D eigenvalue weighted by Gasteiger charge is 2.24. The van der Waals surface area contributed by atoms with Crippen molar-refractivity contribution >= 4 is 51.3 Å². The van der Waals surface area contributed by atoms with Crippen molar-refractivity contribution in [2.75, 3.05) is 4.90 Å². The first-order valence-corrected chi connectivity index (χ1v) is 8.32. The second-order valence-corrected chi connectivity index (χ2v) is 6.19. The molecule has 0 aliphatic carbocycles. The molecule has 6 nitrogen and oxygen atoms in total. The summed E-state index contributed by atoms with van der Waals surface area (Å²) < 4.78 is 0. The summed E-state index contributed by atoms with van der Waals surface area (Å²) in [4.78, 5) is 10.3. The fourth-order valence-electron chi connectivity index (χ4n) is 2.74. The molecule has 0 radical (unpaired) electrons. The fourth-order valence-corrected chi connectivity index (χ4v) is 3.31. The van der Waals surface area contributed by atoms with E-state index in [9.17, 15) is 5.26 Å². The topological polar surface area (TPSA) is 81.5 Å². The molecule has 26 heavy (non-hydrogen) atoms. The lowest BCUT2D eigenvalue weighted by Crippen LogP contribution is -2.14. The summed E-state index contributed by atoms with van der Waals surface area (Å²) in [5.41, 5.74) is 2.26. The second-order valence-electron chi connectivity index (χ2n) is 5.38. The summed E-state index contributed by atoms with van der Waals surface area (Å²) in [6.45, 7) is 0. The number of fused-ring (bicyclic) bond motifs is 1. The van der Waals surface area contributed by atoms with E-state index >= 15 is 0 Å². The molecule has 3 heterocycles. The third-order valence-electron chi connectivity index (χ3n) is 3.88. The predicted octanol–water partition coefficient (Wildman–Crippen LogP) is 5.00. The molecule has 0 atom stereocenters. The Morgan fingerprint density at radius 3 is 2.62 bits per heavy atom. The van der Waals surface area contributed by atoms with Crippen molar-refractivity contribution in [2.45, 2.75) is 0 Å². The van der Waals surface area contributed by atoms with Gasteiger partial charge in [0.1, 0.15) is 11.9 Å². The van der Waals surface area contributed by atoms with Crippen LogP contribution in [0.5, 0.6) is 0 Å². The number of nitrogens with one attached hydrogen (secondary N) is 1. The summed E-state index contributed by atoms with van der Waals surface area (Å²) in [6, 6.07) is 10.9. The van der Waals surface area contributed by atoms with Gasteiger partial charge in [0.25, 0.3) is 0 Å². The maximum Gasteiger partial charge on any atom is 0.148 e. The summed E-state index contributed by atoms with van der Waals surface area (Å²) >= 11 is 12.9. The van der Waals surface area contributed by atoms with Crippen LogP contribution < -0.4 is 4.90 Å². The zero-order valence-corrected chi connectivity index (χ0v) is 14.7. The maximum absolute atomic E-state index is 9.55. The van der Waals surface area contributed by atoms with E-state index in [-0.39, 0.29) is 0 Å². The Hall–Kier alpha value is -3.14. The Labute approximate surface area is 158 Å². The number of rotatable bonds is 3. The lowest BCUT2D eigenvalue weighted by molar-refractivity contribution is 1.12. The van der Waals surface area contributed by atoms with Gasteiger partial charge in [-0.2, -0.15) is 10.4 Å². The van der Waals surface area contributed by atoms with Crippen molar-refractivity contribution < 1.29 is 0 Å². The number of nitriles is 1. The molecule has 0 amide bonds. The molecule has 0 bridgehead atoms. The smallest absolute Gasteiger partial charge is 0.148 e. The van der Waals surface area contributed by atoms with Crippen molar-refractivity contribution in [1.82, 2.24) is 20.2 Å². The Balaban J connectivity index is 2.09. The van der Waals surface area contributed by atoms with Crippen LogP contribution in [0, 0.1) is 11.3 Å². The molecule has 0 aliphatic rings. The minimum absolute atomic E-state index is 0.366. The number of halogens is 2. The van der Waals surface area contributed by atoms with Gasteiger partial charge < -0.3 is 0 Å². The molecule has 0 unspecified atom stereocenters. The number of para-hydroxylation sites is 1. The van der Waals surface area contributed by atoms with Gasteiger partial charge in [0, 0.05) is 18.6 Å². The normalized spacial score (nSPS) is 10.7. The monoisotopic (exact) mass is 380 g/mol. The Morgan fingerprint density at radius 2 is 1.85 bits per heavy atom. The van der Waals surface area contributed by atoms with E-state index in [1.165, 1.54) is 6.20 Å².